The fraction of sp³-hybridized carbons (Fsp3) is 0.450. The third-order valence-electron chi connectivity index (χ3n) is 5.18. The Morgan fingerprint density at radius 3 is 2.54 bits per heavy atom. The van der Waals surface area contributed by atoms with Crippen LogP contribution in [-0.2, 0) is 4.79 Å². The van der Waals surface area contributed by atoms with Gasteiger partial charge < -0.3 is 10.6 Å². The van der Waals surface area contributed by atoms with Crippen molar-refractivity contribution in [2.45, 2.75) is 51.0 Å². The highest BCUT2D eigenvalue weighted by Gasteiger charge is 2.36. The first-order chi connectivity index (χ1) is 12.5. The minimum absolute atomic E-state index is 0.160. The Bertz CT molecular complexity index is 839. The number of nitrogens with zero attached hydrogens (tertiary/aromatic N) is 2. The molecule has 1 aliphatic carbocycles. The maximum Gasteiger partial charge on any atom is 0.274 e. The molecule has 5 nitrogen and oxygen atoms in total. The molecule has 136 valence electrons. The van der Waals surface area contributed by atoms with Crippen LogP contribution in [0, 0.1) is 6.92 Å². The summed E-state index contributed by atoms with van der Waals surface area (Å²) < 4.78 is 0. The molecule has 2 amide bonds. The van der Waals surface area contributed by atoms with Crippen molar-refractivity contribution < 1.29 is 9.59 Å². The van der Waals surface area contributed by atoms with Crippen molar-refractivity contribution in [2.24, 2.45) is 5.73 Å². The highest BCUT2D eigenvalue weighted by molar-refractivity contribution is 7.15. The van der Waals surface area contributed by atoms with Crippen molar-refractivity contribution in [1.82, 2.24) is 9.88 Å². The maximum atomic E-state index is 13.3. The van der Waals surface area contributed by atoms with E-state index in [0.717, 1.165) is 41.1 Å². The standard InChI is InChI=1S/C20H23N3O2S/c1-12-5-7-13(8-6-12)17-16(22-19(26-17)14-9-10-14)20(25)23-11-3-2-4-15(23)18(21)24/h5-8,14-15H,2-4,9-11H2,1H3,(H2,21,24). The number of thiazole rings is 1. The normalized spacial score (nSPS) is 20.2. The van der Waals surface area contributed by atoms with E-state index in [1.165, 1.54) is 5.56 Å². The zero-order valence-electron chi connectivity index (χ0n) is 14.9. The summed E-state index contributed by atoms with van der Waals surface area (Å²) in [4.78, 5) is 32.4. The van der Waals surface area contributed by atoms with Crippen LogP contribution < -0.4 is 5.73 Å². The van der Waals surface area contributed by atoms with Crippen molar-refractivity contribution in [3.8, 4) is 10.4 Å². The van der Waals surface area contributed by atoms with Gasteiger partial charge in [0.1, 0.15) is 11.7 Å². The molecule has 0 spiro atoms. The number of aromatic nitrogens is 1. The van der Waals surface area contributed by atoms with E-state index in [1.807, 2.05) is 31.2 Å². The zero-order chi connectivity index (χ0) is 18.3. The molecule has 0 bridgehead atoms. The number of carbonyl (C=O) groups excluding carboxylic acids is 2. The van der Waals surface area contributed by atoms with Gasteiger partial charge in [0.25, 0.3) is 5.91 Å². The molecule has 1 atom stereocenters. The predicted octanol–water partition coefficient (Wildman–Crippen LogP) is 3.48. The lowest BCUT2D eigenvalue weighted by atomic mass is 10.0. The number of hydrogen-bond acceptors (Lipinski definition) is 4. The largest absolute Gasteiger partial charge is 0.368 e. The highest BCUT2D eigenvalue weighted by atomic mass is 32.1. The van der Waals surface area contributed by atoms with Crippen LogP contribution >= 0.6 is 11.3 Å². The van der Waals surface area contributed by atoms with E-state index in [9.17, 15) is 9.59 Å². The van der Waals surface area contributed by atoms with Crippen LogP contribution in [0.25, 0.3) is 10.4 Å². The lowest BCUT2D eigenvalue weighted by Crippen LogP contribution is -2.50. The first-order valence-electron chi connectivity index (χ1n) is 9.22. The molecule has 2 fully saturated rings. The molecule has 4 rings (SSSR count). The number of piperidine rings is 1. The summed E-state index contributed by atoms with van der Waals surface area (Å²) in [6, 6.07) is 7.66. The SMILES string of the molecule is Cc1ccc(-c2sc(C3CC3)nc2C(=O)N2CCCCC2C(N)=O)cc1. The number of carbonyl (C=O) groups is 2. The molecule has 0 radical (unpaired) electrons. The quantitative estimate of drug-likeness (QED) is 0.896. The molecule has 1 aromatic heterocycles. The van der Waals surface area contributed by atoms with E-state index in [2.05, 4.69) is 0 Å². The molecule has 1 aliphatic heterocycles. The Morgan fingerprint density at radius 1 is 1.15 bits per heavy atom. The van der Waals surface area contributed by atoms with Crippen molar-refractivity contribution in [2.75, 3.05) is 6.54 Å². The molecule has 1 saturated carbocycles. The van der Waals surface area contributed by atoms with E-state index in [-0.39, 0.29) is 5.91 Å². The molecule has 1 aromatic carbocycles. The average molecular weight is 369 g/mol. The van der Waals surface area contributed by atoms with Gasteiger partial charge in [0.2, 0.25) is 5.91 Å². The molecular formula is C20H23N3O2S. The third kappa shape index (κ3) is 3.26. The lowest BCUT2D eigenvalue weighted by molar-refractivity contribution is -0.123. The molecular weight excluding hydrogens is 346 g/mol. The highest BCUT2D eigenvalue weighted by Crippen LogP contribution is 2.45. The summed E-state index contributed by atoms with van der Waals surface area (Å²) in [5.74, 6) is -0.0983. The number of rotatable bonds is 4. The maximum absolute atomic E-state index is 13.3. The van der Waals surface area contributed by atoms with E-state index in [4.69, 9.17) is 10.7 Å². The minimum atomic E-state index is -0.520. The second-order valence-corrected chi connectivity index (χ2v) is 8.31. The van der Waals surface area contributed by atoms with Crippen LogP contribution in [0.3, 0.4) is 0 Å². The summed E-state index contributed by atoms with van der Waals surface area (Å²) in [5, 5.41) is 1.04. The van der Waals surface area contributed by atoms with Crippen LogP contribution in [0.4, 0.5) is 0 Å². The first-order valence-corrected chi connectivity index (χ1v) is 10.0. The van der Waals surface area contributed by atoms with Crippen molar-refractivity contribution in [3.63, 3.8) is 0 Å². The summed E-state index contributed by atoms with van der Waals surface area (Å²) in [6.45, 7) is 2.61. The zero-order valence-corrected chi connectivity index (χ0v) is 15.7. The van der Waals surface area contributed by atoms with Gasteiger partial charge in [0.15, 0.2) is 0 Å². The smallest absolute Gasteiger partial charge is 0.274 e. The molecule has 2 aromatic rings. The molecule has 2 heterocycles. The summed E-state index contributed by atoms with van der Waals surface area (Å²) in [6.07, 6.45) is 4.74. The van der Waals surface area contributed by atoms with Crippen molar-refractivity contribution in [1.29, 1.82) is 0 Å². The number of nitrogens with two attached hydrogens (primary N) is 1. The fourth-order valence-corrected chi connectivity index (χ4v) is 4.73. The van der Waals surface area contributed by atoms with Gasteiger partial charge in [-0.1, -0.05) is 29.8 Å². The Balaban J connectivity index is 1.73. The summed E-state index contributed by atoms with van der Waals surface area (Å²) in [7, 11) is 0. The monoisotopic (exact) mass is 369 g/mol. The second-order valence-electron chi connectivity index (χ2n) is 7.28. The van der Waals surface area contributed by atoms with E-state index in [0.29, 0.717) is 24.6 Å². The Labute approximate surface area is 157 Å². The first kappa shape index (κ1) is 17.2. The van der Waals surface area contributed by atoms with Gasteiger partial charge in [-0.25, -0.2) is 4.98 Å². The second kappa shape index (κ2) is 6.83. The molecule has 26 heavy (non-hydrogen) atoms. The topological polar surface area (TPSA) is 76.3 Å². The summed E-state index contributed by atoms with van der Waals surface area (Å²) >= 11 is 1.62. The van der Waals surface area contributed by atoms with Crippen LogP contribution in [0.15, 0.2) is 24.3 Å². The van der Waals surface area contributed by atoms with Gasteiger partial charge in [0.05, 0.1) is 9.88 Å². The Hall–Kier alpha value is -2.21. The van der Waals surface area contributed by atoms with Gasteiger partial charge in [-0.2, -0.15) is 0 Å². The van der Waals surface area contributed by atoms with Gasteiger partial charge in [0, 0.05) is 12.5 Å². The van der Waals surface area contributed by atoms with Gasteiger partial charge in [-0.3, -0.25) is 9.59 Å². The van der Waals surface area contributed by atoms with Crippen LogP contribution in [0.5, 0.6) is 0 Å². The van der Waals surface area contributed by atoms with Gasteiger partial charge in [-0.05, 0) is 44.6 Å². The lowest BCUT2D eigenvalue weighted by Gasteiger charge is -2.33. The van der Waals surface area contributed by atoms with Crippen LogP contribution in [-0.4, -0.2) is 34.3 Å². The number of aryl methyl sites for hydroxylation is 1. The molecule has 1 unspecified atom stereocenters. The van der Waals surface area contributed by atoms with E-state index in [1.54, 1.807) is 16.2 Å². The number of benzene rings is 1. The van der Waals surface area contributed by atoms with Crippen LogP contribution in [0.1, 0.15) is 59.1 Å². The number of primary amides is 1. The Morgan fingerprint density at radius 2 is 1.88 bits per heavy atom. The molecule has 2 N–H and O–H groups in total. The molecule has 2 aliphatic rings. The molecule has 1 saturated heterocycles. The Kier molecular flexibility index (Phi) is 4.53. The van der Waals surface area contributed by atoms with Crippen molar-refractivity contribution >= 4 is 23.2 Å². The average Bonchev–Trinajstić information content (AvgIpc) is 3.41. The van der Waals surface area contributed by atoms with Crippen LogP contribution in [0.2, 0.25) is 0 Å². The van der Waals surface area contributed by atoms with Crippen molar-refractivity contribution in [3.05, 3.63) is 40.5 Å². The summed E-state index contributed by atoms with van der Waals surface area (Å²) in [5.41, 5.74) is 8.22. The van der Waals surface area contributed by atoms with E-state index >= 15 is 0 Å². The van der Waals surface area contributed by atoms with Gasteiger partial charge in [-0.15, -0.1) is 11.3 Å². The number of likely N-dealkylation sites (tertiary alicyclic amines) is 1. The van der Waals surface area contributed by atoms with E-state index < -0.39 is 11.9 Å². The third-order valence-corrected chi connectivity index (χ3v) is 6.45. The number of amides is 2. The predicted molar refractivity (Wildman–Crippen MR) is 102 cm³/mol. The number of hydrogen-bond donors (Lipinski definition) is 1. The molecule has 6 heteroatoms. The van der Waals surface area contributed by atoms with Gasteiger partial charge >= 0.3 is 0 Å². The fourth-order valence-electron chi connectivity index (χ4n) is 3.49. The minimum Gasteiger partial charge on any atom is -0.368 e.